The Bertz CT molecular complexity index is 558. The molecule has 4 nitrogen and oxygen atoms in total. The molecule has 2 aromatic carbocycles. The fraction of sp³-hybridized carbons (Fsp3) is 0.133. The van der Waals surface area contributed by atoms with E-state index in [1.54, 1.807) is 24.3 Å². The van der Waals surface area contributed by atoms with E-state index < -0.39 is 6.04 Å². The maximum absolute atomic E-state index is 11.9. The van der Waals surface area contributed by atoms with E-state index in [1.165, 1.54) is 0 Å². The van der Waals surface area contributed by atoms with Gasteiger partial charge in [0.15, 0.2) is 0 Å². The summed E-state index contributed by atoms with van der Waals surface area (Å²) < 4.78 is 0. The van der Waals surface area contributed by atoms with Gasteiger partial charge in [0, 0.05) is 10.7 Å². The van der Waals surface area contributed by atoms with Crippen LogP contribution in [0.5, 0.6) is 0 Å². The minimum atomic E-state index is -0.441. The van der Waals surface area contributed by atoms with E-state index in [1.807, 2.05) is 30.3 Å². The molecule has 104 valence electrons. The van der Waals surface area contributed by atoms with Gasteiger partial charge < -0.3 is 15.7 Å². The fourth-order valence-electron chi connectivity index (χ4n) is 1.78. The Kier molecular flexibility index (Phi) is 4.98. The van der Waals surface area contributed by atoms with Crippen molar-refractivity contribution in [3.05, 3.63) is 65.2 Å². The Labute approximate surface area is 122 Å². The van der Waals surface area contributed by atoms with Crippen molar-refractivity contribution in [2.45, 2.75) is 6.04 Å². The van der Waals surface area contributed by atoms with Crippen molar-refractivity contribution in [1.82, 2.24) is 5.32 Å². The van der Waals surface area contributed by atoms with E-state index in [4.69, 9.17) is 11.6 Å². The first-order valence-electron chi connectivity index (χ1n) is 6.18. The summed E-state index contributed by atoms with van der Waals surface area (Å²) in [5.41, 5.74) is 1.48. The monoisotopic (exact) mass is 290 g/mol. The van der Waals surface area contributed by atoms with Gasteiger partial charge >= 0.3 is 6.03 Å². The zero-order valence-electron chi connectivity index (χ0n) is 10.7. The van der Waals surface area contributed by atoms with Crippen LogP contribution in [0.25, 0.3) is 0 Å². The lowest BCUT2D eigenvalue weighted by atomic mass is 10.1. The van der Waals surface area contributed by atoms with Gasteiger partial charge in [-0.15, -0.1) is 0 Å². The van der Waals surface area contributed by atoms with Crippen LogP contribution in [0.1, 0.15) is 11.6 Å². The zero-order valence-corrected chi connectivity index (χ0v) is 11.5. The van der Waals surface area contributed by atoms with Gasteiger partial charge in [0.05, 0.1) is 12.6 Å². The maximum Gasteiger partial charge on any atom is 0.319 e. The Morgan fingerprint density at radius 3 is 2.35 bits per heavy atom. The molecular weight excluding hydrogens is 276 g/mol. The van der Waals surface area contributed by atoms with Crippen LogP contribution in [0, 0.1) is 0 Å². The van der Waals surface area contributed by atoms with Gasteiger partial charge in [-0.25, -0.2) is 4.79 Å². The number of nitrogens with one attached hydrogen (secondary N) is 2. The molecule has 0 heterocycles. The zero-order chi connectivity index (χ0) is 14.4. The van der Waals surface area contributed by atoms with Gasteiger partial charge in [0.1, 0.15) is 0 Å². The number of anilines is 1. The average molecular weight is 291 g/mol. The van der Waals surface area contributed by atoms with E-state index >= 15 is 0 Å². The number of amides is 2. The van der Waals surface area contributed by atoms with Crippen LogP contribution in [0.15, 0.2) is 54.6 Å². The number of halogens is 1. The summed E-state index contributed by atoms with van der Waals surface area (Å²) >= 11 is 5.77. The van der Waals surface area contributed by atoms with Crippen molar-refractivity contribution in [3.63, 3.8) is 0 Å². The van der Waals surface area contributed by atoms with E-state index in [0.717, 1.165) is 5.56 Å². The van der Waals surface area contributed by atoms with E-state index in [9.17, 15) is 9.90 Å². The number of carbonyl (C=O) groups is 1. The third-order valence-corrected chi connectivity index (χ3v) is 3.04. The quantitative estimate of drug-likeness (QED) is 0.810. The number of hydrogen-bond acceptors (Lipinski definition) is 2. The number of carbonyl (C=O) groups excluding carboxylic acids is 1. The van der Waals surface area contributed by atoms with Gasteiger partial charge in [-0.1, -0.05) is 41.9 Å². The summed E-state index contributed by atoms with van der Waals surface area (Å²) in [6.07, 6.45) is 0. The molecule has 2 rings (SSSR count). The lowest BCUT2D eigenvalue weighted by Gasteiger charge is -2.17. The largest absolute Gasteiger partial charge is 0.394 e. The summed E-state index contributed by atoms with van der Waals surface area (Å²) in [6.45, 7) is -0.169. The van der Waals surface area contributed by atoms with Crippen LogP contribution in [-0.4, -0.2) is 17.7 Å². The highest BCUT2D eigenvalue weighted by Crippen LogP contribution is 2.15. The van der Waals surface area contributed by atoms with Crippen molar-refractivity contribution < 1.29 is 9.90 Å². The number of aliphatic hydroxyl groups is 1. The Morgan fingerprint density at radius 2 is 1.75 bits per heavy atom. The maximum atomic E-state index is 11.9. The van der Waals surface area contributed by atoms with Crippen molar-refractivity contribution in [2.75, 3.05) is 11.9 Å². The summed E-state index contributed by atoms with van der Waals surface area (Å²) in [5.74, 6) is 0. The molecule has 0 saturated carbocycles. The molecule has 0 aliphatic heterocycles. The first-order chi connectivity index (χ1) is 9.69. The van der Waals surface area contributed by atoms with Gasteiger partial charge in [0.2, 0.25) is 0 Å². The van der Waals surface area contributed by atoms with Crippen LogP contribution in [-0.2, 0) is 0 Å². The molecule has 1 atom stereocenters. The van der Waals surface area contributed by atoms with Crippen molar-refractivity contribution >= 4 is 23.3 Å². The SMILES string of the molecule is O=C(Nc1ccc(Cl)cc1)NC(CO)c1ccccc1. The first kappa shape index (κ1) is 14.4. The molecule has 0 radical (unpaired) electrons. The predicted octanol–water partition coefficient (Wildman–Crippen LogP) is 3.20. The molecule has 20 heavy (non-hydrogen) atoms. The van der Waals surface area contributed by atoms with Crippen molar-refractivity contribution in [3.8, 4) is 0 Å². The number of benzene rings is 2. The third kappa shape index (κ3) is 3.98. The summed E-state index contributed by atoms with van der Waals surface area (Å²) in [7, 11) is 0. The normalized spacial score (nSPS) is 11.7. The summed E-state index contributed by atoms with van der Waals surface area (Å²) in [5, 5.41) is 15.4. The van der Waals surface area contributed by atoms with E-state index in [0.29, 0.717) is 10.7 Å². The van der Waals surface area contributed by atoms with Crippen LogP contribution in [0.4, 0.5) is 10.5 Å². The van der Waals surface area contributed by atoms with Gasteiger partial charge in [-0.3, -0.25) is 0 Å². The van der Waals surface area contributed by atoms with Crippen LogP contribution in [0.2, 0.25) is 5.02 Å². The standard InChI is InChI=1S/C15H15ClN2O2/c16-12-6-8-13(9-7-12)17-15(20)18-14(10-19)11-4-2-1-3-5-11/h1-9,14,19H,10H2,(H2,17,18,20). The van der Waals surface area contributed by atoms with Crippen molar-refractivity contribution in [1.29, 1.82) is 0 Å². The molecule has 0 aromatic heterocycles. The Hall–Kier alpha value is -2.04. The first-order valence-corrected chi connectivity index (χ1v) is 6.55. The number of urea groups is 1. The number of hydrogen-bond donors (Lipinski definition) is 3. The molecule has 0 saturated heterocycles. The molecule has 0 bridgehead atoms. The molecule has 2 amide bonds. The lowest BCUT2D eigenvalue weighted by Crippen LogP contribution is -2.34. The molecule has 0 aliphatic carbocycles. The molecule has 1 unspecified atom stereocenters. The van der Waals surface area contributed by atoms with Crippen LogP contribution < -0.4 is 10.6 Å². The minimum Gasteiger partial charge on any atom is -0.394 e. The molecule has 0 aliphatic rings. The molecule has 0 spiro atoms. The van der Waals surface area contributed by atoms with Crippen LogP contribution >= 0.6 is 11.6 Å². The van der Waals surface area contributed by atoms with E-state index in [-0.39, 0.29) is 12.6 Å². The highest BCUT2D eigenvalue weighted by Gasteiger charge is 2.13. The lowest BCUT2D eigenvalue weighted by molar-refractivity contribution is 0.225. The summed E-state index contributed by atoms with van der Waals surface area (Å²) in [6, 6.07) is 15.3. The van der Waals surface area contributed by atoms with Crippen molar-refractivity contribution in [2.24, 2.45) is 0 Å². The average Bonchev–Trinajstić information content (AvgIpc) is 2.48. The van der Waals surface area contributed by atoms with E-state index in [2.05, 4.69) is 10.6 Å². The topological polar surface area (TPSA) is 61.4 Å². The molecule has 3 N–H and O–H groups in total. The molecule has 2 aromatic rings. The second-order valence-electron chi connectivity index (χ2n) is 4.25. The smallest absolute Gasteiger partial charge is 0.319 e. The minimum absolute atomic E-state index is 0.169. The second kappa shape index (κ2) is 6.93. The second-order valence-corrected chi connectivity index (χ2v) is 4.69. The Morgan fingerprint density at radius 1 is 1.10 bits per heavy atom. The third-order valence-electron chi connectivity index (χ3n) is 2.79. The van der Waals surface area contributed by atoms with Gasteiger partial charge in [-0.2, -0.15) is 0 Å². The molecule has 5 heteroatoms. The van der Waals surface area contributed by atoms with Gasteiger partial charge in [0.25, 0.3) is 0 Å². The van der Waals surface area contributed by atoms with Gasteiger partial charge in [-0.05, 0) is 29.8 Å². The molecule has 0 fully saturated rings. The Balaban J connectivity index is 1.97. The number of rotatable bonds is 4. The number of aliphatic hydroxyl groups excluding tert-OH is 1. The highest BCUT2D eigenvalue weighted by atomic mass is 35.5. The van der Waals surface area contributed by atoms with Crippen LogP contribution in [0.3, 0.4) is 0 Å². The summed E-state index contributed by atoms with van der Waals surface area (Å²) in [4.78, 5) is 11.9. The highest BCUT2D eigenvalue weighted by molar-refractivity contribution is 6.30. The molecular formula is C15H15ClN2O2. The predicted molar refractivity (Wildman–Crippen MR) is 79.9 cm³/mol. The fourth-order valence-corrected chi connectivity index (χ4v) is 1.90.